The van der Waals surface area contributed by atoms with E-state index in [0.717, 1.165) is 15.3 Å². The second-order valence-corrected chi connectivity index (χ2v) is 5.62. The monoisotopic (exact) mass is 334 g/mol. The molecule has 1 aromatic carbocycles. The third-order valence-electron chi connectivity index (χ3n) is 2.34. The van der Waals surface area contributed by atoms with E-state index < -0.39 is 0 Å². The first-order valence-electron chi connectivity index (χ1n) is 5.45. The number of halogens is 1. The summed E-state index contributed by atoms with van der Waals surface area (Å²) < 4.78 is 0.990. The van der Waals surface area contributed by atoms with Gasteiger partial charge in [0.05, 0.1) is 11.3 Å². The molecule has 0 aliphatic rings. The van der Waals surface area contributed by atoms with Gasteiger partial charge in [-0.2, -0.15) is 5.26 Å². The lowest BCUT2D eigenvalue weighted by molar-refractivity contribution is 1.28. The largest absolute Gasteiger partial charge is 0.401 e. The van der Waals surface area contributed by atoms with Gasteiger partial charge in [-0.05, 0) is 25.1 Å². The number of benzene rings is 1. The van der Waals surface area contributed by atoms with E-state index in [1.807, 2.05) is 29.6 Å². The Kier molecular flexibility index (Phi) is 4.20. The maximum atomic E-state index is 9.04. The summed E-state index contributed by atoms with van der Waals surface area (Å²) in [5, 5.41) is 14.8. The molecule has 2 rings (SSSR count). The van der Waals surface area contributed by atoms with E-state index in [0.29, 0.717) is 17.0 Å². The highest BCUT2D eigenvalue weighted by atomic mass is 79.9. The van der Waals surface area contributed by atoms with Crippen LogP contribution >= 0.6 is 27.3 Å². The van der Waals surface area contributed by atoms with Crippen LogP contribution in [0.15, 0.2) is 39.8 Å². The van der Waals surface area contributed by atoms with Crippen LogP contribution in [0.2, 0.25) is 0 Å². The van der Waals surface area contributed by atoms with Gasteiger partial charge in [-0.25, -0.2) is 4.98 Å². The fourth-order valence-corrected chi connectivity index (χ4v) is 2.60. The van der Waals surface area contributed by atoms with Crippen molar-refractivity contribution >= 4 is 43.7 Å². The minimum atomic E-state index is 0.415. The number of allylic oxidation sites excluding steroid dienone is 2. The summed E-state index contributed by atoms with van der Waals surface area (Å²) in [4.78, 5) is 4.36. The zero-order valence-corrected chi connectivity index (χ0v) is 12.5. The molecule has 0 unspecified atom stereocenters. The second kappa shape index (κ2) is 5.87. The summed E-state index contributed by atoms with van der Waals surface area (Å²) in [5.74, 6) is 0. The predicted molar refractivity (Wildman–Crippen MR) is 81.9 cm³/mol. The van der Waals surface area contributed by atoms with Crippen molar-refractivity contribution in [2.75, 3.05) is 5.32 Å². The Morgan fingerprint density at radius 3 is 2.95 bits per heavy atom. The number of nitriles is 1. The third kappa shape index (κ3) is 3.34. The molecule has 0 atom stereocenters. The molecule has 0 aliphatic heterocycles. The first-order valence-corrected chi connectivity index (χ1v) is 7.12. The molecule has 4 nitrogen and oxygen atoms in total. The van der Waals surface area contributed by atoms with E-state index in [2.05, 4.69) is 32.3 Å². The van der Waals surface area contributed by atoms with Crippen molar-refractivity contribution in [3.05, 3.63) is 45.5 Å². The Morgan fingerprint density at radius 1 is 1.53 bits per heavy atom. The van der Waals surface area contributed by atoms with Crippen molar-refractivity contribution < 1.29 is 0 Å². The molecule has 1 aromatic heterocycles. The minimum Gasteiger partial charge on any atom is -0.401 e. The summed E-state index contributed by atoms with van der Waals surface area (Å²) in [6, 6.07) is 9.86. The van der Waals surface area contributed by atoms with E-state index in [-0.39, 0.29) is 0 Å². The number of nitrogens with zero attached hydrogens (tertiary/aromatic N) is 2. The van der Waals surface area contributed by atoms with Crippen molar-refractivity contribution in [1.29, 1.82) is 5.26 Å². The van der Waals surface area contributed by atoms with Crippen LogP contribution in [0.5, 0.6) is 0 Å². The number of rotatable bonds is 3. The van der Waals surface area contributed by atoms with Gasteiger partial charge in [0.1, 0.15) is 6.07 Å². The van der Waals surface area contributed by atoms with Gasteiger partial charge in [0, 0.05) is 21.2 Å². The van der Waals surface area contributed by atoms with Crippen molar-refractivity contribution in [1.82, 2.24) is 4.98 Å². The Hall–Kier alpha value is -1.84. The molecule has 0 amide bonds. The zero-order chi connectivity index (χ0) is 13.8. The maximum Gasteiger partial charge on any atom is 0.187 e. The third-order valence-corrected chi connectivity index (χ3v) is 3.59. The Morgan fingerprint density at radius 2 is 2.32 bits per heavy atom. The molecular weight excluding hydrogens is 324 g/mol. The van der Waals surface area contributed by atoms with Gasteiger partial charge < -0.3 is 11.1 Å². The lowest BCUT2D eigenvalue weighted by Crippen LogP contribution is -1.97. The predicted octanol–water partition coefficient (Wildman–Crippen LogP) is 3.86. The summed E-state index contributed by atoms with van der Waals surface area (Å²) >= 11 is 4.84. The summed E-state index contributed by atoms with van der Waals surface area (Å²) in [6.07, 6.45) is 0. The van der Waals surface area contributed by atoms with E-state index in [1.165, 1.54) is 11.3 Å². The van der Waals surface area contributed by atoms with Gasteiger partial charge in [0.15, 0.2) is 5.13 Å². The van der Waals surface area contributed by atoms with Gasteiger partial charge in [0.2, 0.25) is 0 Å². The molecule has 0 bridgehead atoms. The highest BCUT2D eigenvalue weighted by molar-refractivity contribution is 9.10. The lowest BCUT2D eigenvalue weighted by atomic mass is 10.2. The molecule has 2 aromatic rings. The Balaban J connectivity index is 2.23. The van der Waals surface area contributed by atoms with Crippen LogP contribution < -0.4 is 11.1 Å². The molecule has 0 radical (unpaired) electrons. The second-order valence-electron chi connectivity index (χ2n) is 3.84. The molecule has 0 aliphatic carbocycles. The highest BCUT2D eigenvalue weighted by Gasteiger charge is 2.09. The first-order chi connectivity index (χ1) is 9.10. The fourth-order valence-electron chi connectivity index (χ4n) is 1.48. The van der Waals surface area contributed by atoms with E-state index in [4.69, 9.17) is 11.0 Å². The van der Waals surface area contributed by atoms with Gasteiger partial charge in [-0.15, -0.1) is 11.3 Å². The van der Waals surface area contributed by atoms with E-state index in [1.54, 1.807) is 6.92 Å². The van der Waals surface area contributed by atoms with Crippen molar-refractivity contribution in [3.63, 3.8) is 0 Å². The number of thiazole rings is 1. The Bertz CT molecular complexity index is 665. The number of aromatic nitrogens is 1. The van der Waals surface area contributed by atoms with Crippen LogP contribution in [-0.4, -0.2) is 4.98 Å². The molecule has 0 spiro atoms. The average molecular weight is 335 g/mol. The highest BCUT2D eigenvalue weighted by Crippen LogP contribution is 2.26. The van der Waals surface area contributed by atoms with Gasteiger partial charge in [-0.3, -0.25) is 0 Å². The summed E-state index contributed by atoms with van der Waals surface area (Å²) in [5.41, 5.74) is 8.08. The molecule has 3 N–H and O–H groups in total. The topological polar surface area (TPSA) is 74.7 Å². The van der Waals surface area contributed by atoms with Crippen LogP contribution in [0.25, 0.3) is 5.57 Å². The molecule has 0 fully saturated rings. The molecule has 1 heterocycles. The lowest BCUT2D eigenvalue weighted by Gasteiger charge is -2.02. The van der Waals surface area contributed by atoms with Crippen LogP contribution in [0.3, 0.4) is 0 Å². The van der Waals surface area contributed by atoms with Crippen LogP contribution in [0.1, 0.15) is 12.6 Å². The summed E-state index contributed by atoms with van der Waals surface area (Å²) in [7, 11) is 0. The van der Waals surface area contributed by atoms with E-state index in [9.17, 15) is 0 Å². The fraction of sp³-hybridized carbons (Fsp3) is 0.0769. The minimum absolute atomic E-state index is 0.415. The standard InChI is InChI=1S/C13H11BrN4S/c1-8(16)11(6-15)12-7-19-13(18-12)17-10-4-2-3-9(14)5-10/h2-5,7H,16H2,1H3,(H,17,18)/b11-8+. The van der Waals surface area contributed by atoms with Crippen molar-refractivity contribution in [3.8, 4) is 6.07 Å². The SMILES string of the molecule is C/C(N)=C(/C#N)c1csc(Nc2cccc(Br)c2)n1. The molecule has 0 saturated heterocycles. The molecule has 19 heavy (non-hydrogen) atoms. The molecular formula is C13H11BrN4S. The van der Waals surface area contributed by atoms with Crippen LogP contribution in [-0.2, 0) is 0 Å². The van der Waals surface area contributed by atoms with Crippen LogP contribution in [0, 0.1) is 11.3 Å². The average Bonchev–Trinajstić information content (AvgIpc) is 2.78. The van der Waals surface area contributed by atoms with Gasteiger partial charge in [0.25, 0.3) is 0 Å². The van der Waals surface area contributed by atoms with Crippen molar-refractivity contribution in [2.24, 2.45) is 5.73 Å². The number of nitrogens with one attached hydrogen (secondary N) is 1. The molecule has 0 saturated carbocycles. The Labute approximate surface area is 123 Å². The van der Waals surface area contributed by atoms with Crippen molar-refractivity contribution in [2.45, 2.75) is 6.92 Å². The molecule has 6 heteroatoms. The maximum absolute atomic E-state index is 9.04. The number of anilines is 2. The van der Waals surface area contributed by atoms with Gasteiger partial charge >= 0.3 is 0 Å². The molecule has 96 valence electrons. The number of hydrogen-bond acceptors (Lipinski definition) is 5. The smallest absolute Gasteiger partial charge is 0.187 e. The van der Waals surface area contributed by atoms with Gasteiger partial charge in [-0.1, -0.05) is 22.0 Å². The number of hydrogen-bond donors (Lipinski definition) is 2. The summed E-state index contributed by atoms with van der Waals surface area (Å²) in [6.45, 7) is 1.69. The quantitative estimate of drug-likeness (QED) is 0.835. The van der Waals surface area contributed by atoms with Crippen LogP contribution in [0.4, 0.5) is 10.8 Å². The van der Waals surface area contributed by atoms with E-state index >= 15 is 0 Å². The normalized spacial score (nSPS) is 11.6. The zero-order valence-electron chi connectivity index (χ0n) is 10.1. The number of nitrogens with two attached hydrogens (primary N) is 1. The first kappa shape index (κ1) is 13.6.